The second-order valence-electron chi connectivity index (χ2n) is 9.67. The molecule has 0 unspecified atom stereocenters. The van der Waals surface area contributed by atoms with Crippen molar-refractivity contribution in [2.75, 3.05) is 20.7 Å². The standard InChI is InChI=1S/C29H29FN4O2S/c1-32-15-13-23-24-17-34(29(35)31-16-19-5-9-21(30)10-6-19)27(20-7-11-22(36-2)12-8-20)25-4-3-14-33(25)28(24)37-26(23)18-32/h3-12,14,27H,13,15-18H2,1-2H3,(H,31,35)/t27-/m1/s1. The average Bonchev–Trinajstić information content (AvgIpc) is 3.49. The minimum atomic E-state index is -0.289. The van der Waals surface area contributed by atoms with Crippen molar-refractivity contribution in [1.29, 1.82) is 0 Å². The van der Waals surface area contributed by atoms with Gasteiger partial charge in [0.05, 0.1) is 25.4 Å². The van der Waals surface area contributed by atoms with Crippen molar-refractivity contribution >= 4 is 17.4 Å². The van der Waals surface area contributed by atoms with Crippen LogP contribution in [-0.4, -0.2) is 41.1 Å². The molecule has 2 aromatic heterocycles. The lowest BCUT2D eigenvalue weighted by Crippen LogP contribution is -2.42. The third kappa shape index (κ3) is 4.40. The lowest BCUT2D eigenvalue weighted by molar-refractivity contribution is 0.180. The molecule has 0 radical (unpaired) electrons. The number of ether oxygens (including phenoxy) is 1. The Morgan fingerprint density at radius 1 is 1.08 bits per heavy atom. The molecular weight excluding hydrogens is 487 g/mol. The van der Waals surface area contributed by atoms with E-state index in [1.807, 2.05) is 40.5 Å². The Balaban J connectivity index is 1.42. The zero-order valence-electron chi connectivity index (χ0n) is 20.9. The van der Waals surface area contributed by atoms with Crippen LogP contribution >= 0.6 is 11.3 Å². The van der Waals surface area contributed by atoms with Crippen LogP contribution in [0.1, 0.15) is 38.9 Å². The molecule has 0 aliphatic carbocycles. The minimum Gasteiger partial charge on any atom is -0.497 e. The summed E-state index contributed by atoms with van der Waals surface area (Å²) < 4.78 is 21.0. The first-order valence-corrected chi connectivity index (χ1v) is 13.3. The average molecular weight is 517 g/mol. The topological polar surface area (TPSA) is 49.7 Å². The molecule has 0 fully saturated rings. The van der Waals surface area contributed by atoms with E-state index in [1.54, 1.807) is 19.2 Å². The third-order valence-corrected chi connectivity index (χ3v) is 8.56. The molecule has 0 saturated carbocycles. The van der Waals surface area contributed by atoms with Crippen LogP contribution < -0.4 is 10.1 Å². The van der Waals surface area contributed by atoms with Gasteiger partial charge in [0.25, 0.3) is 0 Å². The molecular formula is C29H29FN4O2S. The Morgan fingerprint density at radius 3 is 2.62 bits per heavy atom. The van der Waals surface area contributed by atoms with E-state index in [-0.39, 0.29) is 17.9 Å². The first-order valence-electron chi connectivity index (χ1n) is 12.4. The van der Waals surface area contributed by atoms with Gasteiger partial charge < -0.3 is 24.4 Å². The summed E-state index contributed by atoms with van der Waals surface area (Å²) in [4.78, 5) is 19.6. The van der Waals surface area contributed by atoms with Crippen molar-refractivity contribution < 1.29 is 13.9 Å². The second kappa shape index (κ2) is 9.68. The number of amides is 2. The van der Waals surface area contributed by atoms with Gasteiger partial charge in [0.2, 0.25) is 0 Å². The molecule has 0 bridgehead atoms. The van der Waals surface area contributed by atoms with E-state index in [1.165, 1.54) is 33.1 Å². The van der Waals surface area contributed by atoms with Gasteiger partial charge in [0.15, 0.2) is 0 Å². The van der Waals surface area contributed by atoms with Gasteiger partial charge in [0.1, 0.15) is 16.6 Å². The molecule has 6 rings (SSSR count). The molecule has 1 N–H and O–H groups in total. The van der Waals surface area contributed by atoms with Gasteiger partial charge in [-0.1, -0.05) is 24.3 Å². The number of hydrogen-bond donors (Lipinski definition) is 1. The lowest BCUT2D eigenvalue weighted by Gasteiger charge is -2.32. The van der Waals surface area contributed by atoms with E-state index < -0.39 is 0 Å². The fourth-order valence-corrected chi connectivity index (χ4v) is 6.81. The van der Waals surface area contributed by atoms with Gasteiger partial charge in [-0.25, -0.2) is 9.18 Å². The minimum absolute atomic E-state index is 0.154. The zero-order valence-corrected chi connectivity index (χ0v) is 21.7. The van der Waals surface area contributed by atoms with E-state index in [4.69, 9.17) is 4.74 Å². The number of rotatable bonds is 4. The van der Waals surface area contributed by atoms with Gasteiger partial charge in [-0.2, -0.15) is 0 Å². The van der Waals surface area contributed by atoms with Crippen LogP contribution in [0.15, 0.2) is 66.9 Å². The number of thiophene rings is 1. The Bertz CT molecular complexity index is 1430. The highest BCUT2D eigenvalue weighted by atomic mass is 32.1. The van der Waals surface area contributed by atoms with E-state index in [9.17, 15) is 9.18 Å². The van der Waals surface area contributed by atoms with Gasteiger partial charge in [-0.05, 0) is 66.6 Å². The van der Waals surface area contributed by atoms with Crippen molar-refractivity contribution in [3.8, 4) is 10.8 Å². The predicted octanol–water partition coefficient (Wildman–Crippen LogP) is 5.49. The zero-order chi connectivity index (χ0) is 25.5. The van der Waals surface area contributed by atoms with Crippen LogP contribution in [0, 0.1) is 5.82 Å². The van der Waals surface area contributed by atoms with E-state index >= 15 is 0 Å². The molecule has 2 aliphatic rings. The summed E-state index contributed by atoms with van der Waals surface area (Å²) in [7, 11) is 3.81. The maximum Gasteiger partial charge on any atom is 0.318 e. The molecule has 4 heterocycles. The quantitative estimate of drug-likeness (QED) is 0.390. The van der Waals surface area contributed by atoms with Crippen LogP contribution in [0.5, 0.6) is 5.75 Å². The summed E-state index contributed by atoms with van der Waals surface area (Å²) >= 11 is 1.84. The molecule has 2 amide bonds. The highest BCUT2D eigenvalue weighted by molar-refractivity contribution is 7.15. The predicted molar refractivity (Wildman–Crippen MR) is 143 cm³/mol. The van der Waals surface area contributed by atoms with Gasteiger partial charge >= 0.3 is 6.03 Å². The number of carbonyl (C=O) groups is 1. The first kappa shape index (κ1) is 23.8. The second-order valence-corrected chi connectivity index (χ2v) is 10.8. The van der Waals surface area contributed by atoms with E-state index in [0.717, 1.165) is 42.1 Å². The maximum absolute atomic E-state index is 13.9. The molecule has 0 saturated heterocycles. The Hall–Kier alpha value is -3.62. The highest BCUT2D eigenvalue weighted by Crippen LogP contribution is 2.43. The van der Waals surface area contributed by atoms with Gasteiger partial charge in [-0.15, -0.1) is 11.3 Å². The van der Waals surface area contributed by atoms with Crippen LogP contribution in [-0.2, 0) is 26.1 Å². The molecule has 190 valence electrons. The fraction of sp³-hybridized carbons (Fsp3) is 0.276. The Morgan fingerprint density at radius 2 is 1.86 bits per heavy atom. The fourth-order valence-electron chi connectivity index (χ4n) is 5.37. The summed E-state index contributed by atoms with van der Waals surface area (Å²) in [6, 6.07) is 17.9. The third-order valence-electron chi connectivity index (χ3n) is 7.30. The molecule has 8 heteroatoms. The number of nitrogens with one attached hydrogen (secondary N) is 1. The van der Waals surface area contributed by atoms with Crippen molar-refractivity contribution in [3.05, 3.63) is 106 Å². The van der Waals surface area contributed by atoms with Crippen molar-refractivity contribution in [3.63, 3.8) is 0 Å². The van der Waals surface area contributed by atoms with E-state index in [0.29, 0.717) is 13.1 Å². The monoisotopic (exact) mass is 516 g/mol. The summed E-state index contributed by atoms with van der Waals surface area (Å²) in [6.45, 7) is 2.78. The molecule has 0 spiro atoms. The molecule has 4 aromatic rings. The summed E-state index contributed by atoms with van der Waals surface area (Å²) in [5.41, 5.74) is 5.53. The summed E-state index contributed by atoms with van der Waals surface area (Å²) in [6.07, 6.45) is 3.09. The van der Waals surface area contributed by atoms with E-state index in [2.05, 4.69) is 40.2 Å². The number of hydrogen-bond acceptors (Lipinski definition) is 4. The number of fused-ring (bicyclic) bond motifs is 5. The number of urea groups is 1. The summed E-state index contributed by atoms with van der Waals surface area (Å²) in [5.74, 6) is 0.487. The van der Waals surface area contributed by atoms with Crippen LogP contribution in [0.3, 0.4) is 0 Å². The summed E-state index contributed by atoms with van der Waals surface area (Å²) in [5, 5.41) is 4.30. The van der Waals surface area contributed by atoms with Gasteiger partial charge in [0, 0.05) is 36.3 Å². The largest absolute Gasteiger partial charge is 0.497 e. The molecule has 37 heavy (non-hydrogen) atoms. The first-order chi connectivity index (χ1) is 18.0. The Kier molecular flexibility index (Phi) is 6.22. The van der Waals surface area contributed by atoms with Crippen LogP contribution in [0.4, 0.5) is 9.18 Å². The molecule has 1 atom stereocenters. The molecule has 2 aliphatic heterocycles. The number of carbonyl (C=O) groups excluding carboxylic acids is 1. The van der Waals surface area contributed by atoms with Gasteiger partial charge in [-0.3, -0.25) is 0 Å². The van der Waals surface area contributed by atoms with Crippen molar-refractivity contribution in [2.45, 2.75) is 32.1 Å². The number of likely N-dealkylation sites (N-methyl/N-ethyl adjacent to an activating group) is 1. The van der Waals surface area contributed by atoms with Crippen LogP contribution in [0.2, 0.25) is 0 Å². The highest BCUT2D eigenvalue weighted by Gasteiger charge is 2.36. The SMILES string of the molecule is COc1ccc([C@@H]2c3cccn3-c3sc4c(c3CN2C(=O)NCc2ccc(F)cc2)CCN(C)C4)cc1. The van der Waals surface area contributed by atoms with Crippen molar-refractivity contribution in [2.24, 2.45) is 0 Å². The number of nitrogens with zero attached hydrogens (tertiary/aromatic N) is 3. The molecule has 6 nitrogen and oxygen atoms in total. The normalized spacial score (nSPS) is 16.9. The number of methoxy groups -OCH3 is 1. The maximum atomic E-state index is 13.9. The number of benzene rings is 2. The number of aromatic nitrogens is 1. The number of halogens is 1. The molecule has 2 aromatic carbocycles. The van der Waals surface area contributed by atoms with Crippen LogP contribution in [0.25, 0.3) is 5.00 Å². The van der Waals surface area contributed by atoms with Crippen molar-refractivity contribution in [1.82, 2.24) is 19.7 Å². The smallest absolute Gasteiger partial charge is 0.318 e. The Labute approximate surface area is 219 Å². The lowest BCUT2D eigenvalue weighted by atomic mass is 10.00.